The predicted molar refractivity (Wildman–Crippen MR) is 96.2 cm³/mol. The highest BCUT2D eigenvalue weighted by atomic mass is 16.5. The number of hydrogen-bond donors (Lipinski definition) is 2. The summed E-state index contributed by atoms with van der Waals surface area (Å²) in [6.45, 7) is 8.50. The standard InChI is InChI=1S/C18H32N4O2/c1-18(2,3)15-12-21-16(24-15)13-22-17(19-4)20-10-7-11-23-14-8-5-6-9-14/h12,14H,5-11,13H2,1-4H3,(H2,19,20,22). The highest BCUT2D eigenvalue weighted by Crippen LogP contribution is 2.22. The zero-order chi connectivity index (χ0) is 17.4. The average Bonchev–Trinajstić information content (AvgIpc) is 3.20. The fraction of sp³-hybridized carbons (Fsp3) is 0.778. The van der Waals surface area contributed by atoms with Gasteiger partial charge in [0.05, 0.1) is 18.8 Å². The van der Waals surface area contributed by atoms with Crippen LogP contribution in [0.3, 0.4) is 0 Å². The molecule has 0 atom stereocenters. The van der Waals surface area contributed by atoms with Crippen molar-refractivity contribution in [2.45, 2.75) is 70.9 Å². The van der Waals surface area contributed by atoms with Gasteiger partial charge in [-0.05, 0) is 19.3 Å². The van der Waals surface area contributed by atoms with Crippen LogP contribution < -0.4 is 10.6 Å². The Balaban J connectivity index is 1.62. The number of hydrogen-bond acceptors (Lipinski definition) is 4. The molecule has 0 spiro atoms. The summed E-state index contributed by atoms with van der Waals surface area (Å²) in [5, 5.41) is 6.52. The van der Waals surface area contributed by atoms with Crippen molar-refractivity contribution in [3.63, 3.8) is 0 Å². The molecule has 0 bridgehead atoms. The molecule has 6 nitrogen and oxygen atoms in total. The number of aliphatic imine (C=N–C) groups is 1. The van der Waals surface area contributed by atoms with E-state index in [0.717, 1.165) is 31.3 Å². The number of nitrogens with one attached hydrogen (secondary N) is 2. The highest BCUT2D eigenvalue weighted by Gasteiger charge is 2.19. The van der Waals surface area contributed by atoms with Crippen LogP contribution >= 0.6 is 0 Å². The molecule has 0 amide bonds. The van der Waals surface area contributed by atoms with Crippen molar-refractivity contribution in [1.29, 1.82) is 0 Å². The normalized spacial score (nSPS) is 16.6. The molecule has 0 unspecified atom stereocenters. The second-order valence-corrected chi connectivity index (χ2v) is 7.35. The molecule has 1 aromatic heterocycles. The SMILES string of the molecule is CN=C(NCCCOC1CCCC1)NCc1ncc(C(C)(C)C)o1. The number of guanidine groups is 1. The lowest BCUT2D eigenvalue weighted by atomic mass is 9.94. The third-order valence-electron chi connectivity index (χ3n) is 4.19. The van der Waals surface area contributed by atoms with Gasteiger partial charge in [0, 0.05) is 25.6 Å². The van der Waals surface area contributed by atoms with Crippen LogP contribution in [0.5, 0.6) is 0 Å². The van der Waals surface area contributed by atoms with Gasteiger partial charge in [0.15, 0.2) is 5.96 Å². The smallest absolute Gasteiger partial charge is 0.213 e. The van der Waals surface area contributed by atoms with Gasteiger partial charge in [-0.25, -0.2) is 4.98 Å². The predicted octanol–water partition coefficient (Wildman–Crippen LogP) is 2.99. The van der Waals surface area contributed by atoms with Crippen molar-refractivity contribution >= 4 is 5.96 Å². The molecule has 6 heteroatoms. The van der Waals surface area contributed by atoms with Gasteiger partial charge in [0.2, 0.25) is 5.89 Å². The second kappa shape index (κ2) is 9.06. The van der Waals surface area contributed by atoms with Crippen molar-refractivity contribution < 1.29 is 9.15 Å². The van der Waals surface area contributed by atoms with Crippen molar-refractivity contribution in [2.24, 2.45) is 4.99 Å². The Kier molecular flexibility index (Phi) is 7.09. The molecule has 0 saturated heterocycles. The molecular weight excluding hydrogens is 304 g/mol. The molecule has 1 fully saturated rings. The van der Waals surface area contributed by atoms with Crippen LogP contribution in [0.25, 0.3) is 0 Å². The lowest BCUT2D eigenvalue weighted by Crippen LogP contribution is -2.37. The maximum Gasteiger partial charge on any atom is 0.213 e. The topological polar surface area (TPSA) is 71.7 Å². The van der Waals surface area contributed by atoms with E-state index in [4.69, 9.17) is 9.15 Å². The van der Waals surface area contributed by atoms with E-state index in [1.54, 1.807) is 13.2 Å². The van der Waals surface area contributed by atoms with E-state index in [9.17, 15) is 0 Å². The largest absolute Gasteiger partial charge is 0.443 e. The zero-order valence-corrected chi connectivity index (χ0v) is 15.5. The van der Waals surface area contributed by atoms with Crippen LogP contribution in [0, 0.1) is 0 Å². The van der Waals surface area contributed by atoms with Crippen LogP contribution in [0.15, 0.2) is 15.6 Å². The molecule has 2 N–H and O–H groups in total. The molecular formula is C18H32N4O2. The van der Waals surface area contributed by atoms with Crippen molar-refractivity contribution in [3.05, 3.63) is 17.8 Å². The van der Waals surface area contributed by atoms with Gasteiger partial charge in [0.1, 0.15) is 5.76 Å². The van der Waals surface area contributed by atoms with Crippen LogP contribution in [-0.2, 0) is 16.7 Å². The molecule has 1 saturated carbocycles. The maximum absolute atomic E-state index is 5.86. The van der Waals surface area contributed by atoms with E-state index in [1.807, 2.05) is 0 Å². The summed E-state index contributed by atoms with van der Waals surface area (Å²) in [5.41, 5.74) is -0.0233. The molecule has 1 aliphatic carbocycles. The fourth-order valence-corrected chi connectivity index (χ4v) is 2.70. The molecule has 1 heterocycles. The summed E-state index contributed by atoms with van der Waals surface area (Å²) < 4.78 is 11.6. The molecule has 1 aromatic rings. The Morgan fingerprint density at radius 3 is 2.71 bits per heavy atom. The van der Waals surface area contributed by atoms with E-state index in [2.05, 4.69) is 41.4 Å². The minimum absolute atomic E-state index is 0.0233. The van der Waals surface area contributed by atoms with Gasteiger partial charge >= 0.3 is 0 Å². The number of rotatable bonds is 7. The van der Waals surface area contributed by atoms with Gasteiger partial charge in [-0.1, -0.05) is 33.6 Å². The van der Waals surface area contributed by atoms with Gasteiger partial charge in [0.25, 0.3) is 0 Å². The van der Waals surface area contributed by atoms with E-state index >= 15 is 0 Å². The van der Waals surface area contributed by atoms with Gasteiger partial charge in [-0.15, -0.1) is 0 Å². The quantitative estimate of drug-likeness (QED) is 0.455. The summed E-state index contributed by atoms with van der Waals surface area (Å²) in [4.78, 5) is 8.53. The van der Waals surface area contributed by atoms with E-state index in [-0.39, 0.29) is 5.41 Å². The van der Waals surface area contributed by atoms with Crippen molar-refractivity contribution in [3.8, 4) is 0 Å². The summed E-state index contributed by atoms with van der Waals surface area (Å²) in [5.74, 6) is 2.32. The van der Waals surface area contributed by atoms with Gasteiger partial charge in [-0.3, -0.25) is 4.99 Å². The molecule has 0 radical (unpaired) electrons. The van der Waals surface area contributed by atoms with E-state index < -0.39 is 0 Å². The lowest BCUT2D eigenvalue weighted by Gasteiger charge is -2.14. The first kappa shape index (κ1) is 18.8. The van der Waals surface area contributed by atoms with Crippen LogP contribution in [-0.4, -0.2) is 37.2 Å². The molecule has 24 heavy (non-hydrogen) atoms. The Labute approximate surface area is 145 Å². The fourth-order valence-electron chi connectivity index (χ4n) is 2.70. The monoisotopic (exact) mass is 336 g/mol. The zero-order valence-electron chi connectivity index (χ0n) is 15.5. The minimum atomic E-state index is -0.0233. The third-order valence-corrected chi connectivity index (χ3v) is 4.19. The molecule has 136 valence electrons. The highest BCUT2D eigenvalue weighted by molar-refractivity contribution is 5.79. The van der Waals surface area contributed by atoms with Crippen LogP contribution in [0.4, 0.5) is 0 Å². The Morgan fingerprint density at radius 2 is 2.08 bits per heavy atom. The van der Waals surface area contributed by atoms with E-state index in [0.29, 0.717) is 18.5 Å². The van der Waals surface area contributed by atoms with Gasteiger partial charge < -0.3 is 19.8 Å². The Hall–Kier alpha value is -1.56. The summed E-state index contributed by atoms with van der Waals surface area (Å²) in [6, 6.07) is 0. The van der Waals surface area contributed by atoms with E-state index in [1.165, 1.54) is 25.7 Å². The molecule has 0 aromatic carbocycles. The first-order valence-corrected chi connectivity index (χ1v) is 9.00. The first-order chi connectivity index (χ1) is 11.5. The number of oxazole rings is 1. The minimum Gasteiger partial charge on any atom is -0.443 e. The number of ether oxygens (including phenoxy) is 1. The summed E-state index contributed by atoms with van der Waals surface area (Å²) in [6.07, 6.45) is 8.35. The third kappa shape index (κ3) is 6.15. The molecule has 0 aliphatic heterocycles. The summed E-state index contributed by atoms with van der Waals surface area (Å²) >= 11 is 0. The first-order valence-electron chi connectivity index (χ1n) is 9.00. The van der Waals surface area contributed by atoms with Crippen molar-refractivity contribution in [1.82, 2.24) is 15.6 Å². The second-order valence-electron chi connectivity index (χ2n) is 7.35. The molecule has 2 rings (SSSR count). The maximum atomic E-state index is 5.86. The van der Waals surface area contributed by atoms with Crippen LogP contribution in [0.2, 0.25) is 0 Å². The Morgan fingerprint density at radius 1 is 1.33 bits per heavy atom. The number of nitrogens with zero attached hydrogens (tertiary/aromatic N) is 2. The van der Waals surface area contributed by atoms with Gasteiger partial charge in [-0.2, -0.15) is 0 Å². The Bertz CT molecular complexity index is 513. The molecule has 1 aliphatic rings. The van der Waals surface area contributed by atoms with Crippen molar-refractivity contribution in [2.75, 3.05) is 20.2 Å². The lowest BCUT2D eigenvalue weighted by molar-refractivity contribution is 0.0574. The average molecular weight is 336 g/mol. The van der Waals surface area contributed by atoms with Crippen LogP contribution in [0.1, 0.15) is 64.5 Å². The number of aromatic nitrogens is 1. The summed E-state index contributed by atoms with van der Waals surface area (Å²) in [7, 11) is 1.76.